The van der Waals surface area contributed by atoms with Crippen molar-refractivity contribution in [3.63, 3.8) is 0 Å². The van der Waals surface area contributed by atoms with Crippen LogP contribution in [0.3, 0.4) is 0 Å². The Morgan fingerprint density at radius 2 is 2.20 bits per heavy atom. The predicted octanol–water partition coefficient (Wildman–Crippen LogP) is 0.614. The highest BCUT2D eigenvalue weighted by Crippen LogP contribution is 2.04. The number of hydrogen-bond donors (Lipinski definition) is 2. The van der Waals surface area contributed by atoms with E-state index in [1.54, 1.807) is 23.9 Å². The third-order valence-electron chi connectivity index (χ3n) is 2.83. The first-order valence-corrected chi connectivity index (χ1v) is 6.46. The van der Waals surface area contributed by atoms with Gasteiger partial charge in [0.25, 0.3) is 5.91 Å². The van der Waals surface area contributed by atoms with Gasteiger partial charge < -0.3 is 10.6 Å². The third-order valence-corrected chi connectivity index (χ3v) is 2.83. The monoisotopic (exact) mass is 274 g/mol. The second kappa shape index (κ2) is 6.65. The number of aromatic nitrogens is 4. The van der Waals surface area contributed by atoms with Gasteiger partial charge in [0, 0.05) is 26.8 Å². The molecule has 2 aromatic heterocycles. The highest BCUT2D eigenvalue weighted by atomic mass is 16.1. The van der Waals surface area contributed by atoms with Gasteiger partial charge in [-0.05, 0) is 30.5 Å². The standard InChI is InChI=1S/C13H18N6O/c1-14-13(20)11-5-6-12(18-17-11)15-7-3-4-10-8-16-19(2)9-10/h5-6,8-9H,3-4,7H2,1-2H3,(H,14,20)(H,15,18). The zero-order valence-electron chi connectivity index (χ0n) is 11.6. The van der Waals surface area contributed by atoms with Crippen molar-refractivity contribution in [2.24, 2.45) is 7.05 Å². The van der Waals surface area contributed by atoms with Gasteiger partial charge in [0.1, 0.15) is 5.82 Å². The summed E-state index contributed by atoms with van der Waals surface area (Å²) in [6.07, 6.45) is 5.82. The van der Waals surface area contributed by atoms with Crippen molar-refractivity contribution < 1.29 is 4.79 Å². The molecule has 0 saturated heterocycles. The first-order chi connectivity index (χ1) is 9.69. The highest BCUT2D eigenvalue weighted by Gasteiger charge is 2.05. The van der Waals surface area contributed by atoms with Crippen LogP contribution in [0.2, 0.25) is 0 Å². The average molecular weight is 274 g/mol. The molecule has 7 nitrogen and oxygen atoms in total. The number of rotatable bonds is 6. The van der Waals surface area contributed by atoms with E-state index in [0.717, 1.165) is 19.4 Å². The molecule has 0 radical (unpaired) electrons. The van der Waals surface area contributed by atoms with Gasteiger partial charge in [-0.15, -0.1) is 10.2 Å². The Kier molecular flexibility index (Phi) is 4.65. The van der Waals surface area contributed by atoms with Crippen LogP contribution in [-0.2, 0) is 13.5 Å². The van der Waals surface area contributed by atoms with Gasteiger partial charge in [-0.3, -0.25) is 9.48 Å². The average Bonchev–Trinajstić information content (AvgIpc) is 2.89. The molecule has 1 amide bonds. The molecule has 0 aliphatic carbocycles. The molecule has 7 heteroatoms. The number of nitrogens with zero attached hydrogens (tertiary/aromatic N) is 4. The summed E-state index contributed by atoms with van der Waals surface area (Å²) in [4.78, 5) is 11.3. The van der Waals surface area contributed by atoms with Crippen molar-refractivity contribution in [2.75, 3.05) is 18.9 Å². The van der Waals surface area contributed by atoms with Gasteiger partial charge in [0.05, 0.1) is 6.20 Å². The van der Waals surface area contributed by atoms with Crippen LogP contribution < -0.4 is 10.6 Å². The minimum Gasteiger partial charge on any atom is -0.369 e. The molecule has 0 aliphatic rings. The van der Waals surface area contributed by atoms with Gasteiger partial charge >= 0.3 is 0 Å². The molecule has 2 N–H and O–H groups in total. The zero-order chi connectivity index (χ0) is 14.4. The lowest BCUT2D eigenvalue weighted by atomic mass is 10.2. The fourth-order valence-corrected chi connectivity index (χ4v) is 1.79. The first kappa shape index (κ1) is 14.0. The summed E-state index contributed by atoms with van der Waals surface area (Å²) in [5.41, 5.74) is 1.53. The van der Waals surface area contributed by atoms with E-state index >= 15 is 0 Å². The van der Waals surface area contributed by atoms with E-state index in [1.807, 2.05) is 19.4 Å². The van der Waals surface area contributed by atoms with Crippen LogP contribution in [0.15, 0.2) is 24.5 Å². The maximum Gasteiger partial charge on any atom is 0.271 e. The number of carbonyl (C=O) groups excluding carboxylic acids is 1. The highest BCUT2D eigenvalue weighted by molar-refractivity contribution is 5.91. The smallest absolute Gasteiger partial charge is 0.271 e. The minimum atomic E-state index is -0.236. The van der Waals surface area contributed by atoms with Gasteiger partial charge in [-0.25, -0.2) is 0 Å². The number of carbonyl (C=O) groups is 1. The van der Waals surface area contributed by atoms with Crippen molar-refractivity contribution in [3.05, 3.63) is 35.8 Å². The van der Waals surface area contributed by atoms with Crippen LogP contribution in [0.1, 0.15) is 22.5 Å². The molecule has 0 aromatic carbocycles. The maximum absolute atomic E-state index is 11.3. The van der Waals surface area contributed by atoms with E-state index < -0.39 is 0 Å². The SMILES string of the molecule is CNC(=O)c1ccc(NCCCc2cnn(C)c2)nn1. The number of anilines is 1. The number of amides is 1. The van der Waals surface area contributed by atoms with Gasteiger partial charge in [-0.2, -0.15) is 5.10 Å². The largest absolute Gasteiger partial charge is 0.369 e. The van der Waals surface area contributed by atoms with Gasteiger partial charge in [-0.1, -0.05) is 0 Å². The van der Waals surface area contributed by atoms with Crippen LogP contribution in [0.25, 0.3) is 0 Å². The Morgan fingerprint density at radius 3 is 2.80 bits per heavy atom. The van der Waals surface area contributed by atoms with Crippen LogP contribution in [0.4, 0.5) is 5.82 Å². The molecule has 2 rings (SSSR count). The Labute approximate surface area is 117 Å². The second-order valence-corrected chi connectivity index (χ2v) is 4.44. The normalized spacial score (nSPS) is 10.3. The van der Waals surface area contributed by atoms with Crippen LogP contribution in [0, 0.1) is 0 Å². The van der Waals surface area contributed by atoms with Gasteiger partial charge in [0.15, 0.2) is 5.69 Å². The van der Waals surface area contributed by atoms with E-state index in [2.05, 4.69) is 25.9 Å². The number of nitrogens with one attached hydrogen (secondary N) is 2. The molecule has 0 bridgehead atoms. The summed E-state index contributed by atoms with van der Waals surface area (Å²) < 4.78 is 1.80. The third kappa shape index (κ3) is 3.78. The molecule has 20 heavy (non-hydrogen) atoms. The first-order valence-electron chi connectivity index (χ1n) is 6.46. The Morgan fingerprint density at radius 1 is 1.35 bits per heavy atom. The minimum absolute atomic E-state index is 0.236. The summed E-state index contributed by atoms with van der Waals surface area (Å²) in [7, 11) is 3.47. The fourth-order valence-electron chi connectivity index (χ4n) is 1.79. The second-order valence-electron chi connectivity index (χ2n) is 4.44. The molecule has 0 saturated carbocycles. The van der Waals surface area contributed by atoms with Crippen molar-refractivity contribution in [1.29, 1.82) is 0 Å². The van der Waals surface area contributed by atoms with Crippen molar-refractivity contribution in [1.82, 2.24) is 25.3 Å². The molecule has 2 heterocycles. The molecule has 2 aromatic rings. The lowest BCUT2D eigenvalue weighted by Crippen LogP contribution is -2.19. The van der Waals surface area contributed by atoms with E-state index in [-0.39, 0.29) is 5.91 Å². The Bertz CT molecular complexity index is 562. The molecule has 0 unspecified atom stereocenters. The number of hydrogen-bond acceptors (Lipinski definition) is 5. The maximum atomic E-state index is 11.3. The molecule has 0 fully saturated rings. The van der Waals surface area contributed by atoms with E-state index in [4.69, 9.17) is 0 Å². The predicted molar refractivity (Wildman–Crippen MR) is 75.4 cm³/mol. The van der Waals surface area contributed by atoms with Gasteiger partial charge in [0.2, 0.25) is 0 Å². The summed E-state index contributed by atoms with van der Waals surface area (Å²) >= 11 is 0. The molecular weight excluding hydrogens is 256 g/mol. The fraction of sp³-hybridized carbons (Fsp3) is 0.385. The quantitative estimate of drug-likeness (QED) is 0.754. The molecule has 106 valence electrons. The van der Waals surface area contributed by atoms with Crippen LogP contribution in [-0.4, -0.2) is 39.5 Å². The van der Waals surface area contributed by atoms with E-state index in [9.17, 15) is 4.79 Å². The lowest BCUT2D eigenvalue weighted by molar-refractivity contribution is 0.0957. The Hall–Kier alpha value is -2.44. The lowest BCUT2D eigenvalue weighted by Gasteiger charge is -2.04. The van der Waals surface area contributed by atoms with Crippen LogP contribution in [0.5, 0.6) is 0 Å². The number of aryl methyl sites for hydroxylation is 2. The van der Waals surface area contributed by atoms with E-state index in [1.165, 1.54) is 5.56 Å². The summed E-state index contributed by atoms with van der Waals surface area (Å²) in [5, 5.41) is 17.6. The summed E-state index contributed by atoms with van der Waals surface area (Å²) in [6, 6.07) is 3.40. The molecular formula is C13H18N6O. The zero-order valence-corrected chi connectivity index (χ0v) is 11.6. The van der Waals surface area contributed by atoms with Crippen molar-refractivity contribution in [2.45, 2.75) is 12.8 Å². The van der Waals surface area contributed by atoms with Crippen molar-refractivity contribution in [3.8, 4) is 0 Å². The van der Waals surface area contributed by atoms with Crippen LogP contribution >= 0.6 is 0 Å². The van der Waals surface area contributed by atoms with Crippen molar-refractivity contribution >= 4 is 11.7 Å². The molecule has 0 spiro atoms. The summed E-state index contributed by atoms with van der Waals surface area (Å²) in [6.45, 7) is 0.795. The summed E-state index contributed by atoms with van der Waals surface area (Å²) in [5.74, 6) is 0.435. The van der Waals surface area contributed by atoms with E-state index in [0.29, 0.717) is 11.5 Å². The molecule has 0 atom stereocenters. The molecule has 0 aliphatic heterocycles. The topological polar surface area (TPSA) is 84.7 Å². The Balaban J connectivity index is 1.75.